The van der Waals surface area contributed by atoms with Gasteiger partial charge < -0.3 is 21.3 Å². The fourth-order valence-corrected chi connectivity index (χ4v) is 4.40. The molecule has 0 bridgehead atoms. The first-order valence-corrected chi connectivity index (χ1v) is 9.61. The maximum Gasteiger partial charge on any atom is 0.263 e. The minimum absolute atomic E-state index is 0.0764. The van der Waals surface area contributed by atoms with Gasteiger partial charge in [-0.25, -0.2) is 0 Å². The van der Waals surface area contributed by atoms with Crippen molar-refractivity contribution >= 4 is 40.7 Å². The number of nitrogens with two attached hydrogens (primary N) is 1. The second kappa shape index (κ2) is 7.72. The van der Waals surface area contributed by atoms with Crippen molar-refractivity contribution in [3.05, 3.63) is 21.3 Å². The van der Waals surface area contributed by atoms with E-state index in [2.05, 4.69) is 10.6 Å². The zero-order valence-electron chi connectivity index (χ0n) is 13.7. The van der Waals surface area contributed by atoms with Crippen LogP contribution in [0.25, 0.3) is 0 Å². The van der Waals surface area contributed by atoms with Gasteiger partial charge in [0.05, 0.1) is 5.02 Å². The Morgan fingerprint density at radius 3 is 2.92 bits per heavy atom. The van der Waals surface area contributed by atoms with E-state index in [1.807, 2.05) is 0 Å². The molecule has 2 fully saturated rings. The molecule has 4 N–H and O–H groups in total. The SMILES string of the molecule is NCCCC[C@@H]1NC(=O)[C@@H]2C[C@H](NC(=O)c3sccc3Cl)CN2C1=O. The summed E-state index contributed by atoms with van der Waals surface area (Å²) in [7, 11) is 0. The van der Waals surface area contributed by atoms with Crippen LogP contribution in [-0.2, 0) is 9.59 Å². The van der Waals surface area contributed by atoms with Crippen LogP contribution in [0.3, 0.4) is 0 Å². The third kappa shape index (κ3) is 3.80. The summed E-state index contributed by atoms with van der Waals surface area (Å²) in [6.45, 7) is 0.916. The number of piperazine rings is 1. The first-order chi connectivity index (χ1) is 12.0. The lowest BCUT2D eigenvalue weighted by atomic mass is 10.0. The van der Waals surface area contributed by atoms with Gasteiger partial charge in [-0.2, -0.15) is 0 Å². The first kappa shape index (κ1) is 18.2. The summed E-state index contributed by atoms with van der Waals surface area (Å²) in [6, 6.07) is 0.411. The summed E-state index contributed by atoms with van der Waals surface area (Å²) in [5.41, 5.74) is 5.48. The molecule has 7 nitrogen and oxygen atoms in total. The Bertz CT molecular complexity index is 680. The van der Waals surface area contributed by atoms with Crippen molar-refractivity contribution in [2.75, 3.05) is 13.1 Å². The van der Waals surface area contributed by atoms with Gasteiger partial charge in [0.1, 0.15) is 17.0 Å². The predicted molar refractivity (Wildman–Crippen MR) is 95.5 cm³/mol. The average molecular weight is 385 g/mol. The van der Waals surface area contributed by atoms with E-state index in [4.69, 9.17) is 17.3 Å². The van der Waals surface area contributed by atoms with Crippen LogP contribution >= 0.6 is 22.9 Å². The quantitative estimate of drug-likeness (QED) is 0.629. The Kier molecular flexibility index (Phi) is 5.61. The molecule has 0 aliphatic carbocycles. The van der Waals surface area contributed by atoms with Crippen molar-refractivity contribution in [1.29, 1.82) is 0 Å². The van der Waals surface area contributed by atoms with Gasteiger partial charge in [0, 0.05) is 12.6 Å². The Morgan fingerprint density at radius 2 is 2.24 bits per heavy atom. The maximum atomic E-state index is 12.6. The van der Waals surface area contributed by atoms with E-state index < -0.39 is 12.1 Å². The number of fused-ring (bicyclic) bond motifs is 1. The molecule has 3 rings (SSSR count). The number of hydrogen-bond acceptors (Lipinski definition) is 5. The Morgan fingerprint density at radius 1 is 1.44 bits per heavy atom. The second-order valence-corrected chi connectivity index (χ2v) is 7.68. The molecular weight excluding hydrogens is 364 g/mol. The molecule has 3 amide bonds. The third-order valence-corrected chi connectivity index (χ3v) is 5.95. The fraction of sp³-hybridized carbons (Fsp3) is 0.562. The van der Waals surface area contributed by atoms with Crippen molar-refractivity contribution in [1.82, 2.24) is 15.5 Å². The molecule has 2 saturated heterocycles. The molecule has 9 heteroatoms. The van der Waals surface area contributed by atoms with E-state index in [1.54, 1.807) is 16.3 Å². The van der Waals surface area contributed by atoms with Crippen LogP contribution in [0.2, 0.25) is 5.02 Å². The monoisotopic (exact) mass is 384 g/mol. The highest BCUT2D eigenvalue weighted by molar-refractivity contribution is 7.12. The van der Waals surface area contributed by atoms with Gasteiger partial charge >= 0.3 is 0 Å². The number of carbonyl (C=O) groups excluding carboxylic acids is 3. The largest absolute Gasteiger partial charge is 0.347 e. The second-order valence-electron chi connectivity index (χ2n) is 6.36. The van der Waals surface area contributed by atoms with E-state index in [1.165, 1.54) is 11.3 Å². The number of nitrogens with zero attached hydrogens (tertiary/aromatic N) is 1. The summed E-state index contributed by atoms with van der Waals surface area (Å²) in [6.07, 6.45) is 2.63. The van der Waals surface area contributed by atoms with Crippen molar-refractivity contribution < 1.29 is 14.4 Å². The lowest BCUT2D eigenvalue weighted by Gasteiger charge is -2.34. The smallest absolute Gasteiger partial charge is 0.263 e. The standard InChI is InChI=1S/C16H21ClN4O3S/c17-10-4-6-25-13(10)15(23)19-9-7-12-14(22)20-11(3-1-2-5-18)16(24)21(12)8-9/h4,6,9,11-12H,1-3,5,7-8,18H2,(H,19,23)(H,20,22)/t9-,11-,12-/m0/s1. The number of unbranched alkanes of at least 4 members (excludes halogenated alkanes) is 1. The molecule has 0 unspecified atom stereocenters. The molecule has 0 aromatic carbocycles. The number of halogens is 1. The summed E-state index contributed by atoms with van der Waals surface area (Å²) in [4.78, 5) is 39.3. The molecular formula is C16H21ClN4O3S. The molecule has 1 aromatic rings. The Balaban J connectivity index is 1.62. The zero-order valence-corrected chi connectivity index (χ0v) is 15.2. The number of nitrogens with one attached hydrogen (secondary N) is 2. The normalized spacial score (nSPS) is 25.7. The maximum absolute atomic E-state index is 12.6. The molecule has 2 aliphatic heterocycles. The Labute approximate surface area is 154 Å². The van der Waals surface area contributed by atoms with Crippen LogP contribution in [0.4, 0.5) is 0 Å². The average Bonchev–Trinajstić information content (AvgIpc) is 3.19. The number of amides is 3. The molecule has 0 saturated carbocycles. The molecule has 2 aliphatic rings. The van der Waals surface area contributed by atoms with Crippen LogP contribution in [0.5, 0.6) is 0 Å². The van der Waals surface area contributed by atoms with Gasteiger partial charge in [-0.15, -0.1) is 11.3 Å². The first-order valence-electron chi connectivity index (χ1n) is 8.36. The lowest BCUT2D eigenvalue weighted by molar-refractivity contribution is -0.147. The van der Waals surface area contributed by atoms with Crippen LogP contribution < -0.4 is 16.4 Å². The van der Waals surface area contributed by atoms with Crippen LogP contribution in [0, 0.1) is 0 Å². The Hall–Kier alpha value is -1.64. The summed E-state index contributed by atoms with van der Waals surface area (Å²) in [5, 5.41) is 7.84. The molecule has 136 valence electrons. The molecule has 0 spiro atoms. The summed E-state index contributed by atoms with van der Waals surface area (Å²) in [5.74, 6) is -0.493. The van der Waals surface area contributed by atoms with Gasteiger partial charge in [0.25, 0.3) is 5.91 Å². The van der Waals surface area contributed by atoms with Gasteiger partial charge in [0.2, 0.25) is 11.8 Å². The van der Waals surface area contributed by atoms with Crippen LogP contribution in [0.1, 0.15) is 35.4 Å². The van der Waals surface area contributed by atoms with Crippen LogP contribution in [0.15, 0.2) is 11.4 Å². The topological polar surface area (TPSA) is 105 Å². The van der Waals surface area contributed by atoms with E-state index in [0.717, 1.165) is 12.8 Å². The van der Waals surface area contributed by atoms with E-state index in [-0.39, 0.29) is 23.8 Å². The predicted octanol–water partition coefficient (Wildman–Crippen LogP) is 0.728. The molecule has 1 aromatic heterocycles. The van der Waals surface area contributed by atoms with Gasteiger partial charge in [-0.05, 0) is 43.7 Å². The van der Waals surface area contributed by atoms with Crippen LogP contribution in [-0.4, -0.2) is 53.8 Å². The molecule has 3 heterocycles. The number of hydrogen-bond donors (Lipinski definition) is 3. The summed E-state index contributed by atoms with van der Waals surface area (Å²) >= 11 is 7.25. The highest BCUT2D eigenvalue weighted by Gasteiger charge is 2.46. The fourth-order valence-electron chi connectivity index (χ4n) is 3.36. The molecule has 3 atom stereocenters. The lowest BCUT2D eigenvalue weighted by Crippen LogP contribution is -2.61. The van der Waals surface area contributed by atoms with Crippen molar-refractivity contribution in [3.63, 3.8) is 0 Å². The van der Waals surface area contributed by atoms with Crippen molar-refractivity contribution in [2.45, 2.75) is 43.8 Å². The van der Waals surface area contributed by atoms with Gasteiger partial charge in [-0.1, -0.05) is 11.6 Å². The minimum Gasteiger partial charge on any atom is -0.347 e. The third-order valence-electron chi connectivity index (χ3n) is 4.61. The minimum atomic E-state index is -0.512. The number of rotatable bonds is 6. The number of thiophene rings is 1. The van der Waals surface area contributed by atoms with E-state index >= 15 is 0 Å². The van der Waals surface area contributed by atoms with Crippen molar-refractivity contribution in [3.8, 4) is 0 Å². The van der Waals surface area contributed by atoms with E-state index in [0.29, 0.717) is 35.8 Å². The highest BCUT2D eigenvalue weighted by atomic mass is 35.5. The van der Waals surface area contributed by atoms with Crippen molar-refractivity contribution in [2.24, 2.45) is 5.73 Å². The highest BCUT2D eigenvalue weighted by Crippen LogP contribution is 2.26. The summed E-state index contributed by atoms with van der Waals surface area (Å²) < 4.78 is 0. The number of carbonyl (C=O) groups is 3. The van der Waals surface area contributed by atoms with Gasteiger partial charge in [0.15, 0.2) is 0 Å². The zero-order chi connectivity index (χ0) is 18.0. The van der Waals surface area contributed by atoms with Gasteiger partial charge in [-0.3, -0.25) is 14.4 Å². The molecule has 0 radical (unpaired) electrons. The van der Waals surface area contributed by atoms with E-state index in [9.17, 15) is 14.4 Å². The molecule has 25 heavy (non-hydrogen) atoms.